The van der Waals surface area contributed by atoms with Gasteiger partial charge in [-0.3, -0.25) is 0 Å². The Bertz CT molecular complexity index is 602. The molecule has 0 aliphatic rings. The average Bonchev–Trinajstić information content (AvgIpc) is 2.49. The zero-order valence-corrected chi connectivity index (χ0v) is 14.0. The van der Waals surface area contributed by atoms with Crippen LogP contribution in [0.4, 0.5) is 0 Å². The molecule has 3 nitrogen and oxygen atoms in total. The van der Waals surface area contributed by atoms with Gasteiger partial charge in [-0.25, -0.2) is 0 Å². The number of phenolic OH excluding ortho intramolecular Hbond substituents is 1. The number of quaternary nitrogens is 1. The molecule has 22 heavy (non-hydrogen) atoms. The first-order valence-electron chi connectivity index (χ1n) is 7.33. The van der Waals surface area contributed by atoms with Crippen molar-refractivity contribution in [1.82, 2.24) is 0 Å². The Morgan fingerprint density at radius 3 is 2.32 bits per heavy atom. The maximum Gasteiger partial charge on any atom is 0.135 e. The summed E-state index contributed by atoms with van der Waals surface area (Å²) in [6, 6.07) is 14.0. The molecule has 0 spiro atoms. The van der Waals surface area contributed by atoms with Crippen molar-refractivity contribution in [1.29, 1.82) is 0 Å². The number of benzene rings is 2. The first-order chi connectivity index (χ1) is 10.0. The van der Waals surface area contributed by atoms with Crippen molar-refractivity contribution >= 4 is 0 Å². The standard InChI is InChI=1S/C18H23NO2.ClH/c1-12-9-13(2)18(21)16(10-12)14(3)19-17(11-20)15-7-5-4-6-8-15;/h4-10,14,17,19-21H,11H2,1-3H3;1H/t14-,17-;/m0./s1. The molecule has 0 saturated carbocycles. The van der Waals surface area contributed by atoms with Crippen LogP contribution >= 0.6 is 0 Å². The van der Waals surface area contributed by atoms with Gasteiger partial charge >= 0.3 is 0 Å². The van der Waals surface area contributed by atoms with E-state index in [-0.39, 0.29) is 31.1 Å². The molecule has 0 aliphatic carbocycles. The molecule has 0 radical (unpaired) electrons. The Morgan fingerprint density at radius 2 is 1.73 bits per heavy atom. The summed E-state index contributed by atoms with van der Waals surface area (Å²) in [6.45, 7) is 6.07. The molecular formula is C18H24ClNO2. The van der Waals surface area contributed by atoms with E-state index in [0.29, 0.717) is 5.75 Å². The number of aliphatic hydroxyl groups excluding tert-OH is 1. The number of nitrogens with two attached hydrogens (primary N) is 1. The summed E-state index contributed by atoms with van der Waals surface area (Å²) in [5, 5.41) is 22.0. The van der Waals surface area contributed by atoms with Crippen molar-refractivity contribution in [3.05, 3.63) is 64.7 Å². The number of aryl methyl sites for hydroxylation is 2. The lowest BCUT2D eigenvalue weighted by molar-refractivity contribution is -0.733. The predicted molar refractivity (Wildman–Crippen MR) is 84.2 cm³/mol. The highest BCUT2D eigenvalue weighted by molar-refractivity contribution is 5.43. The van der Waals surface area contributed by atoms with E-state index in [1.165, 1.54) is 0 Å². The Kier molecular flexibility index (Phi) is 6.88. The summed E-state index contributed by atoms with van der Waals surface area (Å²) in [5.74, 6) is 0.356. The smallest absolute Gasteiger partial charge is 0.135 e. The molecule has 2 aromatic carbocycles. The van der Waals surface area contributed by atoms with Crippen LogP contribution in [0.15, 0.2) is 42.5 Å². The molecule has 4 N–H and O–H groups in total. The maximum absolute atomic E-state index is 10.3. The molecule has 0 saturated heterocycles. The van der Waals surface area contributed by atoms with Crippen molar-refractivity contribution in [2.75, 3.05) is 6.61 Å². The minimum absolute atomic E-state index is 0. The van der Waals surface area contributed by atoms with Gasteiger partial charge in [0.15, 0.2) is 0 Å². The van der Waals surface area contributed by atoms with Crippen LogP contribution in [0.25, 0.3) is 0 Å². The summed E-state index contributed by atoms with van der Waals surface area (Å²) < 4.78 is 0. The highest BCUT2D eigenvalue weighted by Crippen LogP contribution is 2.27. The third-order valence-electron chi connectivity index (χ3n) is 3.91. The molecule has 0 bridgehead atoms. The molecule has 120 valence electrons. The van der Waals surface area contributed by atoms with Gasteiger partial charge in [0.25, 0.3) is 0 Å². The second-order valence-electron chi connectivity index (χ2n) is 5.70. The van der Waals surface area contributed by atoms with E-state index in [2.05, 4.69) is 12.2 Å². The van der Waals surface area contributed by atoms with Crippen LogP contribution in [0.5, 0.6) is 5.75 Å². The highest BCUT2D eigenvalue weighted by atomic mass is 35.5. The van der Waals surface area contributed by atoms with Crippen LogP contribution in [0.1, 0.15) is 41.3 Å². The van der Waals surface area contributed by atoms with E-state index < -0.39 is 0 Å². The van der Waals surface area contributed by atoms with E-state index in [1.54, 1.807) is 0 Å². The average molecular weight is 322 g/mol. The molecule has 0 aliphatic heterocycles. The topological polar surface area (TPSA) is 57.1 Å². The van der Waals surface area contributed by atoms with Crippen molar-refractivity contribution in [2.24, 2.45) is 0 Å². The monoisotopic (exact) mass is 321 g/mol. The third kappa shape index (κ3) is 4.23. The zero-order valence-electron chi connectivity index (χ0n) is 13.3. The van der Waals surface area contributed by atoms with Gasteiger partial charge in [0.05, 0.1) is 12.2 Å². The quantitative estimate of drug-likeness (QED) is 0.687. The van der Waals surface area contributed by atoms with E-state index >= 15 is 0 Å². The van der Waals surface area contributed by atoms with Crippen LogP contribution < -0.4 is 17.7 Å². The van der Waals surface area contributed by atoms with Crippen LogP contribution in [-0.4, -0.2) is 16.8 Å². The van der Waals surface area contributed by atoms with Gasteiger partial charge in [-0.15, -0.1) is 0 Å². The van der Waals surface area contributed by atoms with Crippen LogP contribution in [0.2, 0.25) is 0 Å². The summed E-state index contributed by atoms with van der Waals surface area (Å²) in [4.78, 5) is 0. The number of aromatic hydroxyl groups is 1. The first kappa shape index (κ1) is 18.5. The summed E-state index contributed by atoms with van der Waals surface area (Å²) in [5.41, 5.74) is 4.05. The number of halogens is 1. The zero-order chi connectivity index (χ0) is 15.4. The second-order valence-corrected chi connectivity index (χ2v) is 5.70. The van der Waals surface area contributed by atoms with Crippen molar-refractivity contribution in [2.45, 2.75) is 32.9 Å². The normalized spacial score (nSPS) is 13.3. The lowest BCUT2D eigenvalue weighted by atomic mass is 9.99. The van der Waals surface area contributed by atoms with Crippen LogP contribution in [0.3, 0.4) is 0 Å². The minimum atomic E-state index is -0.0265. The summed E-state index contributed by atoms with van der Waals surface area (Å²) in [6.07, 6.45) is 0. The summed E-state index contributed by atoms with van der Waals surface area (Å²) in [7, 11) is 0. The fraction of sp³-hybridized carbons (Fsp3) is 0.333. The Hall–Kier alpha value is -1.55. The number of hydrogen-bond donors (Lipinski definition) is 3. The van der Waals surface area contributed by atoms with Gasteiger partial charge in [0.2, 0.25) is 0 Å². The molecule has 0 fully saturated rings. The second kappa shape index (κ2) is 8.18. The highest BCUT2D eigenvalue weighted by Gasteiger charge is 2.21. The van der Waals surface area contributed by atoms with Gasteiger partial charge in [0.1, 0.15) is 17.8 Å². The number of hydrogen-bond acceptors (Lipinski definition) is 2. The van der Waals surface area contributed by atoms with E-state index in [4.69, 9.17) is 0 Å². The van der Waals surface area contributed by atoms with E-state index in [0.717, 1.165) is 22.3 Å². The van der Waals surface area contributed by atoms with Gasteiger partial charge in [0, 0.05) is 5.56 Å². The molecule has 2 aromatic rings. The number of phenols is 1. The van der Waals surface area contributed by atoms with Gasteiger partial charge in [-0.05, 0) is 32.4 Å². The Morgan fingerprint density at radius 1 is 1.09 bits per heavy atom. The van der Waals surface area contributed by atoms with Gasteiger partial charge < -0.3 is 27.9 Å². The van der Waals surface area contributed by atoms with Crippen LogP contribution in [0, 0.1) is 13.8 Å². The third-order valence-corrected chi connectivity index (χ3v) is 3.91. The SMILES string of the molecule is Cc1cc(C)c(O)c([C@H](C)[NH2+][C@@H](CO)c2ccccc2)c1.[Cl-]. The molecule has 2 rings (SSSR count). The van der Waals surface area contributed by atoms with E-state index in [9.17, 15) is 10.2 Å². The van der Waals surface area contributed by atoms with Crippen molar-refractivity contribution in [3.63, 3.8) is 0 Å². The number of aliphatic hydroxyl groups is 1. The largest absolute Gasteiger partial charge is 1.00 e. The van der Waals surface area contributed by atoms with Crippen LogP contribution in [-0.2, 0) is 0 Å². The fourth-order valence-electron chi connectivity index (χ4n) is 2.77. The lowest BCUT2D eigenvalue weighted by Crippen LogP contribution is -3.00. The van der Waals surface area contributed by atoms with E-state index in [1.807, 2.05) is 56.3 Å². The molecule has 0 amide bonds. The number of rotatable bonds is 5. The summed E-state index contributed by atoms with van der Waals surface area (Å²) >= 11 is 0. The van der Waals surface area contributed by atoms with Crippen molar-refractivity contribution < 1.29 is 27.9 Å². The molecule has 0 aromatic heterocycles. The van der Waals surface area contributed by atoms with Crippen molar-refractivity contribution in [3.8, 4) is 5.75 Å². The Balaban J connectivity index is 0.00000242. The molecule has 4 heteroatoms. The first-order valence-corrected chi connectivity index (χ1v) is 7.33. The molecule has 2 atom stereocenters. The maximum atomic E-state index is 10.3. The fourth-order valence-corrected chi connectivity index (χ4v) is 2.77. The lowest BCUT2D eigenvalue weighted by Gasteiger charge is -2.20. The van der Waals surface area contributed by atoms with Gasteiger partial charge in [-0.1, -0.05) is 42.0 Å². The molecule has 0 unspecified atom stereocenters. The Labute approximate surface area is 138 Å². The molecular weight excluding hydrogens is 298 g/mol. The predicted octanol–water partition coefficient (Wildman–Crippen LogP) is -0.629. The molecule has 0 heterocycles. The van der Waals surface area contributed by atoms with Gasteiger partial charge in [-0.2, -0.15) is 0 Å². The minimum Gasteiger partial charge on any atom is -1.00 e.